The minimum Gasteiger partial charge on any atom is -0.410 e. The maximum atomic E-state index is 8.56. The maximum Gasteiger partial charge on any atom is 0.166 e. The van der Waals surface area contributed by atoms with Crippen LogP contribution in [0.3, 0.4) is 0 Å². The van der Waals surface area contributed by atoms with Gasteiger partial charge in [-0.15, -0.1) is 0 Å². The summed E-state index contributed by atoms with van der Waals surface area (Å²) in [6.45, 7) is 0. The second kappa shape index (κ2) is 3.24. The van der Waals surface area contributed by atoms with Crippen LogP contribution in [0.4, 0.5) is 0 Å². The Balaban J connectivity index is 3.27. The molecule has 0 saturated carbocycles. The maximum absolute atomic E-state index is 8.56. The smallest absolute Gasteiger partial charge is 0.166 e. The van der Waals surface area contributed by atoms with E-state index in [2.05, 4.69) is 4.84 Å². The van der Waals surface area contributed by atoms with Gasteiger partial charge in [0.05, 0.1) is 5.02 Å². The zero-order valence-corrected chi connectivity index (χ0v) is 6.30. The van der Waals surface area contributed by atoms with Gasteiger partial charge in [0.15, 0.2) is 5.75 Å². The Morgan fingerprint density at radius 1 is 1.55 bits per heavy atom. The standard InChI is InChI=1S/C7H5ClN2O/c8-6-2-1-3-7(11-10)5(6)4-9/h1-3H,10H2. The van der Waals surface area contributed by atoms with Crippen LogP contribution in [0.25, 0.3) is 0 Å². The van der Waals surface area contributed by atoms with Crippen molar-refractivity contribution in [3.05, 3.63) is 28.8 Å². The molecule has 0 amide bonds. The van der Waals surface area contributed by atoms with E-state index in [0.29, 0.717) is 10.8 Å². The predicted molar refractivity (Wildman–Crippen MR) is 41.0 cm³/mol. The Labute approximate surface area is 68.9 Å². The van der Waals surface area contributed by atoms with Crippen LogP contribution in [0.2, 0.25) is 5.02 Å². The molecule has 4 heteroatoms. The molecule has 56 valence electrons. The Morgan fingerprint density at radius 3 is 2.73 bits per heavy atom. The van der Waals surface area contributed by atoms with E-state index < -0.39 is 0 Å². The van der Waals surface area contributed by atoms with E-state index in [9.17, 15) is 0 Å². The Morgan fingerprint density at radius 2 is 2.27 bits per heavy atom. The molecule has 3 nitrogen and oxygen atoms in total. The lowest BCUT2D eigenvalue weighted by molar-refractivity contribution is 0.333. The van der Waals surface area contributed by atoms with Gasteiger partial charge in [0.1, 0.15) is 11.6 Å². The molecule has 0 aliphatic carbocycles. The van der Waals surface area contributed by atoms with Crippen LogP contribution in [0.15, 0.2) is 18.2 Å². The largest absolute Gasteiger partial charge is 0.410 e. The van der Waals surface area contributed by atoms with Crippen LogP contribution in [-0.2, 0) is 0 Å². The van der Waals surface area contributed by atoms with Crippen molar-refractivity contribution in [3.8, 4) is 11.8 Å². The lowest BCUT2D eigenvalue weighted by atomic mass is 10.2. The van der Waals surface area contributed by atoms with Gasteiger partial charge in [0.25, 0.3) is 0 Å². The van der Waals surface area contributed by atoms with Crippen LogP contribution in [-0.4, -0.2) is 0 Å². The third-order valence-corrected chi connectivity index (χ3v) is 1.53. The molecule has 0 heterocycles. The molecular weight excluding hydrogens is 164 g/mol. The van der Waals surface area contributed by atoms with Gasteiger partial charge < -0.3 is 4.84 Å². The van der Waals surface area contributed by atoms with E-state index in [-0.39, 0.29) is 5.56 Å². The van der Waals surface area contributed by atoms with Crippen molar-refractivity contribution < 1.29 is 4.84 Å². The normalized spacial score (nSPS) is 8.82. The third-order valence-electron chi connectivity index (χ3n) is 1.21. The van der Waals surface area contributed by atoms with Crippen molar-refractivity contribution in [2.75, 3.05) is 0 Å². The van der Waals surface area contributed by atoms with Crippen LogP contribution < -0.4 is 10.7 Å². The highest BCUT2D eigenvalue weighted by Gasteiger charge is 2.05. The van der Waals surface area contributed by atoms with Gasteiger partial charge in [0.2, 0.25) is 0 Å². The third kappa shape index (κ3) is 1.43. The van der Waals surface area contributed by atoms with Crippen molar-refractivity contribution in [3.63, 3.8) is 0 Å². The summed E-state index contributed by atoms with van der Waals surface area (Å²) in [4.78, 5) is 4.41. The molecule has 0 fully saturated rings. The Bertz CT molecular complexity index is 306. The van der Waals surface area contributed by atoms with E-state index in [0.717, 1.165) is 0 Å². The lowest BCUT2D eigenvalue weighted by Gasteiger charge is -2.00. The highest BCUT2D eigenvalue weighted by Crippen LogP contribution is 2.23. The second-order valence-electron chi connectivity index (χ2n) is 1.84. The van der Waals surface area contributed by atoms with Gasteiger partial charge in [-0.05, 0) is 12.1 Å². The van der Waals surface area contributed by atoms with E-state index >= 15 is 0 Å². The minimum atomic E-state index is 0.261. The van der Waals surface area contributed by atoms with Crippen LogP contribution in [0, 0.1) is 11.3 Å². The molecule has 2 N–H and O–H groups in total. The number of halogens is 1. The Hall–Kier alpha value is -1.24. The van der Waals surface area contributed by atoms with E-state index in [1.165, 1.54) is 0 Å². The molecule has 1 aromatic carbocycles. The number of nitrogens with zero attached hydrogens (tertiary/aromatic N) is 1. The summed E-state index contributed by atoms with van der Waals surface area (Å²) >= 11 is 5.65. The molecule has 0 spiro atoms. The molecule has 0 aliphatic rings. The highest BCUT2D eigenvalue weighted by atomic mass is 35.5. The fraction of sp³-hybridized carbons (Fsp3) is 0. The van der Waals surface area contributed by atoms with Crippen molar-refractivity contribution >= 4 is 11.6 Å². The van der Waals surface area contributed by atoms with Gasteiger partial charge in [-0.1, -0.05) is 17.7 Å². The fourth-order valence-electron chi connectivity index (χ4n) is 0.711. The number of hydrogen-bond donors (Lipinski definition) is 1. The molecular formula is C7H5ClN2O. The quantitative estimate of drug-likeness (QED) is 0.646. The highest BCUT2D eigenvalue weighted by molar-refractivity contribution is 6.31. The van der Waals surface area contributed by atoms with Gasteiger partial charge in [0, 0.05) is 0 Å². The molecule has 0 radical (unpaired) electrons. The van der Waals surface area contributed by atoms with E-state index in [4.69, 9.17) is 22.8 Å². The SMILES string of the molecule is N#Cc1c(Cl)cccc1ON. The van der Waals surface area contributed by atoms with Crippen molar-refractivity contribution in [1.82, 2.24) is 0 Å². The van der Waals surface area contributed by atoms with Crippen molar-refractivity contribution in [2.24, 2.45) is 5.90 Å². The summed E-state index contributed by atoms with van der Waals surface area (Å²) in [5, 5.41) is 8.90. The van der Waals surface area contributed by atoms with Gasteiger partial charge in [-0.25, -0.2) is 0 Å². The summed E-state index contributed by atoms with van der Waals surface area (Å²) < 4.78 is 0. The number of benzene rings is 1. The fourth-order valence-corrected chi connectivity index (χ4v) is 0.919. The summed E-state index contributed by atoms with van der Waals surface area (Å²) in [5.74, 6) is 5.18. The first-order chi connectivity index (χ1) is 5.29. The van der Waals surface area contributed by atoms with Gasteiger partial charge >= 0.3 is 0 Å². The lowest BCUT2D eigenvalue weighted by Crippen LogP contribution is -2.03. The summed E-state index contributed by atoms with van der Waals surface area (Å²) in [7, 11) is 0. The molecule has 0 aliphatic heterocycles. The van der Waals surface area contributed by atoms with Crippen molar-refractivity contribution in [2.45, 2.75) is 0 Å². The summed E-state index contributed by atoms with van der Waals surface area (Å²) in [6, 6.07) is 6.71. The summed E-state index contributed by atoms with van der Waals surface area (Å²) in [6.07, 6.45) is 0. The monoisotopic (exact) mass is 168 g/mol. The molecule has 11 heavy (non-hydrogen) atoms. The van der Waals surface area contributed by atoms with Crippen LogP contribution in [0.5, 0.6) is 5.75 Å². The second-order valence-corrected chi connectivity index (χ2v) is 2.25. The predicted octanol–water partition coefficient (Wildman–Crippen LogP) is 1.46. The van der Waals surface area contributed by atoms with Crippen LogP contribution in [0.1, 0.15) is 5.56 Å². The van der Waals surface area contributed by atoms with E-state index in [1.807, 2.05) is 6.07 Å². The van der Waals surface area contributed by atoms with Crippen molar-refractivity contribution in [1.29, 1.82) is 5.26 Å². The minimum absolute atomic E-state index is 0.261. The number of hydrogen-bond acceptors (Lipinski definition) is 3. The zero-order chi connectivity index (χ0) is 8.27. The average molecular weight is 169 g/mol. The van der Waals surface area contributed by atoms with Crippen LogP contribution >= 0.6 is 11.6 Å². The molecule has 1 rings (SSSR count). The van der Waals surface area contributed by atoms with Gasteiger partial charge in [-0.2, -0.15) is 11.2 Å². The average Bonchev–Trinajstić information content (AvgIpc) is 2.04. The Kier molecular flexibility index (Phi) is 2.32. The molecule has 0 bridgehead atoms. The molecule has 0 atom stereocenters. The van der Waals surface area contributed by atoms with E-state index in [1.54, 1.807) is 18.2 Å². The molecule has 1 aromatic rings. The summed E-state index contributed by atoms with van der Waals surface area (Å²) in [5.41, 5.74) is 0.261. The molecule has 0 aromatic heterocycles. The number of nitriles is 1. The number of nitrogens with two attached hydrogens (primary N) is 1. The first-order valence-corrected chi connectivity index (χ1v) is 3.22. The molecule has 0 unspecified atom stereocenters. The number of rotatable bonds is 1. The zero-order valence-electron chi connectivity index (χ0n) is 5.54. The first-order valence-electron chi connectivity index (χ1n) is 2.85. The first kappa shape index (κ1) is 7.86. The molecule has 0 saturated heterocycles. The van der Waals surface area contributed by atoms with Gasteiger partial charge in [-0.3, -0.25) is 0 Å². The topological polar surface area (TPSA) is 59.0 Å².